The first-order chi connectivity index (χ1) is 5.60. The van der Waals surface area contributed by atoms with E-state index in [0.717, 1.165) is 0 Å². The topological polar surface area (TPSA) is 79.6 Å². The summed E-state index contributed by atoms with van der Waals surface area (Å²) in [7, 11) is -3.62. The molecule has 0 fully saturated rings. The zero-order valence-corrected chi connectivity index (χ0v) is 7.95. The molecule has 0 spiro atoms. The van der Waals surface area contributed by atoms with Crippen LogP contribution in [0.4, 0.5) is 0 Å². The molecule has 0 rings (SSSR count). The number of aliphatic hydroxyl groups excluding tert-OH is 1. The summed E-state index contributed by atoms with van der Waals surface area (Å²) in [4.78, 5) is 0. The zero-order chi connectivity index (χ0) is 9.61. The van der Waals surface area contributed by atoms with E-state index in [2.05, 4.69) is 9.05 Å². The number of aliphatic hydroxyl groups is 1. The van der Waals surface area contributed by atoms with E-state index in [9.17, 15) is 4.57 Å². The Morgan fingerprint density at radius 1 is 1.50 bits per heavy atom. The van der Waals surface area contributed by atoms with E-state index >= 15 is 0 Å². The molecule has 6 heteroatoms. The SMILES string of the molecule is CCOP(=O)(OCC)[C@@H](O)C#N. The molecule has 0 aromatic carbocycles. The highest BCUT2D eigenvalue weighted by molar-refractivity contribution is 7.54. The quantitative estimate of drug-likeness (QED) is 0.522. The maximum atomic E-state index is 11.4. The number of hydrogen-bond acceptors (Lipinski definition) is 5. The van der Waals surface area contributed by atoms with Gasteiger partial charge in [-0.05, 0) is 13.8 Å². The summed E-state index contributed by atoms with van der Waals surface area (Å²) in [6.45, 7) is 3.48. The average molecular weight is 193 g/mol. The highest BCUT2D eigenvalue weighted by atomic mass is 31.2. The van der Waals surface area contributed by atoms with Crippen LogP contribution >= 0.6 is 7.60 Å². The fourth-order valence-electron chi connectivity index (χ4n) is 0.609. The van der Waals surface area contributed by atoms with Gasteiger partial charge in [-0.1, -0.05) is 0 Å². The molecule has 0 aliphatic heterocycles. The number of nitriles is 1. The van der Waals surface area contributed by atoms with Crippen molar-refractivity contribution in [2.24, 2.45) is 0 Å². The fourth-order valence-corrected chi connectivity index (χ4v) is 1.83. The molecule has 0 radical (unpaired) electrons. The standard InChI is InChI=1S/C6H12NO4P/c1-3-10-12(9,11-4-2)6(8)5-7/h6,8H,3-4H2,1-2H3/t6-/m1/s1. The van der Waals surface area contributed by atoms with Crippen LogP contribution in [0.15, 0.2) is 0 Å². The Balaban J connectivity index is 4.40. The van der Waals surface area contributed by atoms with Gasteiger partial charge in [-0.2, -0.15) is 5.26 Å². The molecular weight excluding hydrogens is 181 g/mol. The highest BCUT2D eigenvalue weighted by Crippen LogP contribution is 2.51. The minimum absolute atomic E-state index is 0.135. The fraction of sp³-hybridized carbons (Fsp3) is 0.833. The minimum Gasteiger partial charge on any atom is -0.368 e. The molecular formula is C6H12NO4P. The average Bonchev–Trinajstić information content (AvgIpc) is 2.04. The molecule has 0 unspecified atom stereocenters. The van der Waals surface area contributed by atoms with Gasteiger partial charge in [0.05, 0.1) is 13.2 Å². The van der Waals surface area contributed by atoms with Gasteiger partial charge in [-0.25, -0.2) is 0 Å². The molecule has 0 aliphatic carbocycles. The molecule has 12 heavy (non-hydrogen) atoms. The number of hydrogen-bond donors (Lipinski definition) is 1. The molecule has 1 atom stereocenters. The molecule has 0 aliphatic rings. The predicted octanol–water partition coefficient (Wildman–Crippen LogP) is 1.09. The summed E-state index contributed by atoms with van der Waals surface area (Å²) in [5, 5.41) is 17.3. The molecule has 0 saturated carbocycles. The molecule has 70 valence electrons. The van der Waals surface area contributed by atoms with Crippen LogP contribution in [0.5, 0.6) is 0 Å². The lowest BCUT2D eigenvalue weighted by Gasteiger charge is -2.17. The molecule has 0 bridgehead atoms. The van der Waals surface area contributed by atoms with Crippen molar-refractivity contribution < 1.29 is 18.7 Å². The summed E-state index contributed by atoms with van der Waals surface area (Å²) < 4.78 is 20.8. The Kier molecular flexibility index (Phi) is 5.11. The third-order valence-corrected chi connectivity index (χ3v) is 2.98. The number of nitrogens with zero attached hydrogens (tertiary/aromatic N) is 1. The molecule has 5 nitrogen and oxygen atoms in total. The third-order valence-electron chi connectivity index (χ3n) is 1.03. The highest BCUT2D eigenvalue weighted by Gasteiger charge is 2.33. The van der Waals surface area contributed by atoms with Gasteiger partial charge in [0, 0.05) is 0 Å². The first kappa shape index (κ1) is 11.6. The van der Waals surface area contributed by atoms with Crippen molar-refractivity contribution >= 4 is 7.60 Å². The van der Waals surface area contributed by atoms with Gasteiger partial charge in [0.2, 0.25) is 5.85 Å². The Labute approximate surface area is 71.4 Å². The van der Waals surface area contributed by atoms with Gasteiger partial charge in [0.1, 0.15) is 6.07 Å². The summed E-state index contributed by atoms with van der Waals surface area (Å²) in [5.74, 6) is -1.70. The Hall–Kier alpha value is -0.400. The van der Waals surface area contributed by atoms with Crippen LogP contribution in [0, 0.1) is 11.3 Å². The van der Waals surface area contributed by atoms with Crippen LogP contribution in [0.1, 0.15) is 13.8 Å². The normalized spacial score (nSPS) is 13.8. The van der Waals surface area contributed by atoms with Gasteiger partial charge >= 0.3 is 7.60 Å². The molecule has 0 amide bonds. The first-order valence-corrected chi connectivity index (χ1v) is 5.18. The van der Waals surface area contributed by atoms with Crippen molar-refractivity contribution in [2.75, 3.05) is 13.2 Å². The van der Waals surface area contributed by atoms with E-state index in [1.807, 2.05) is 0 Å². The van der Waals surface area contributed by atoms with E-state index in [0.29, 0.717) is 0 Å². The van der Waals surface area contributed by atoms with Gasteiger partial charge < -0.3 is 14.2 Å². The lowest BCUT2D eigenvalue weighted by Crippen LogP contribution is -2.10. The van der Waals surface area contributed by atoms with Gasteiger partial charge in [0.25, 0.3) is 0 Å². The van der Waals surface area contributed by atoms with Crippen LogP contribution in [-0.4, -0.2) is 24.2 Å². The van der Waals surface area contributed by atoms with E-state index in [4.69, 9.17) is 10.4 Å². The van der Waals surface area contributed by atoms with Gasteiger partial charge in [0.15, 0.2) is 0 Å². The van der Waals surface area contributed by atoms with Crippen molar-refractivity contribution in [1.29, 1.82) is 5.26 Å². The second-order valence-electron chi connectivity index (χ2n) is 1.88. The molecule has 0 heterocycles. The van der Waals surface area contributed by atoms with Crippen molar-refractivity contribution in [3.05, 3.63) is 0 Å². The van der Waals surface area contributed by atoms with E-state index < -0.39 is 13.4 Å². The van der Waals surface area contributed by atoms with Crippen molar-refractivity contribution in [3.8, 4) is 6.07 Å². The summed E-state index contributed by atoms with van der Waals surface area (Å²) in [6.07, 6.45) is 0. The second kappa shape index (κ2) is 5.28. The van der Waals surface area contributed by atoms with E-state index in [-0.39, 0.29) is 13.2 Å². The first-order valence-electron chi connectivity index (χ1n) is 3.57. The van der Waals surface area contributed by atoms with Crippen LogP contribution in [0.3, 0.4) is 0 Å². The van der Waals surface area contributed by atoms with Crippen molar-refractivity contribution in [3.63, 3.8) is 0 Å². The minimum atomic E-state index is -3.62. The van der Waals surface area contributed by atoms with Gasteiger partial charge in [-0.3, -0.25) is 4.57 Å². The van der Waals surface area contributed by atoms with Crippen LogP contribution in [-0.2, 0) is 13.6 Å². The Morgan fingerprint density at radius 3 is 2.17 bits per heavy atom. The summed E-state index contributed by atoms with van der Waals surface area (Å²) >= 11 is 0. The third kappa shape index (κ3) is 2.92. The summed E-state index contributed by atoms with van der Waals surface area (Å²) in [6, 6.07) is 1.42. The summed E-state index contributed by atoms with van der Waals surface area (Å²) in [5.41, 5.74) is 0. The van der Waals surface area contributed by atoms with Gasteiger partial charge in [-0.15, -0.1) is 0 Å². The largest absolute Gasteiger partial charge is 0.373 e. The molecule has 1 N–H and O–H groups in total. The lowest BCUT2D eigenvalue weighted by atomic mass is 10.8. The Bertz CT molecular complexity index is 202. The monoisotopic (exact) mass is 193 g/mol. The van der Waals surface area contributed by atoms with E-state index in [1.165, 1.54) is 6.07 Å². The van der Waals surface area contributed by atoms with Crippen molar-refractivity contribution in [2.45, 2.75) is 19.7 Å². The maximum absolute atomic E-state index is 11.4. The second-order valence-corrected chi connectivity index (χ2v) is 3.96. The molecule has 0 aromatic heterocycles. The van der Waals surface area contributed by atoms with Crippen LogP contribution in [0.2, 0.25) is 0 Å². The molecule has 0 aromatic rings. The zero-order valence-electron chi connectivity index (χ0n) is 7.06. The van der Waals surface area contributed by atoms with Crippen LogP contribution in [0.25, 0.3) is 0 Å². The maximum Gasteiger partial charge on any atom is 0.373 e. The van der Waals surface area contributed by atoms with Crippen molar-refractivity contribution in [1.82, 2.24) is 0 Å². The Morgan fingerprint density at radius 2 is 1.92 bits per heavy atom. The predicted molar refractivity (Wildman–Crippen MR) is 42.5 cm³/mol. The lowest BCUT2D eigenvalue weighted by molar-refractivity contribution is 0.171. The van der Waals surface area contributed by atoms with E-state index in [1.54, 1.807) is 13.8 Å². The molecule has 0 saturated heterocycles. The van der Waals surface area contributed by atoms with Crippen LogP contribution < -0.4 is 0 Å². The number of rotatable bonds is 5. The smallest absolute Gasteiger partial charge is 0.368 e.